The van der Waals surface area contributed by atoms with Gasteiger partial charge in [0.05, 0.1) is 11.7 Å². The highest BCUT2D eigenvalue weighted by Gasteiger charge is 2.55. The highest BCUT2D eigenvalue weighted by molar-refractivity contribution is 7.85. The summed E-state index contributed by atoms with van der Waals surface area (Å²) in [6, 6.07) is 3.53. The Morgan fingerprint density at radius 1 is 1.19 bits per heavy atom. The van der Waals surface area contributed by atoms with Gasteiger partial charge in [0.15, 0.2) is 11.6 Å². The number of hydrogen-bond donors (Lipinski definition) is 1. The lowest BCUT2D eigenvalue weighted by Gasteiger charge is -2.37. The fraction of sp³-hybridized carbons (Fsp3) is 0.682. The minimum absolute atomic E-state index is 0.0104. The predicted molar refractivity (Wildman–Crippen MR) is 110 cm³/mol. The van der Waals surface area contributed by atoms with Gasteiger partial charge in [-0.05, 0) is 67.6 Å². The third kappa shape index (κ3) is 5.04. The average molecular weight is 457 g/mol. The Labute approximate surface area is 182 Å². The third-order valence-electron chi connectivity index (χ3n) is 6.90. The Morgan fingerprint density at radius 3 is 2.68 bits per heavy atom. The Morgan fingerprint density at radius 2 is 1.94 bits per heavy atom. The fourth-order valence-electron chi connectivity index (χ4n) is 5.83. The molecular weight excluding hydrogens is 427 g/mol. The molecule has 0 aromatic heterocycles. The van der Waals surface area contributed by atoms with Crippen molar-refractivity contribution in [3.05, 3.63) is 29.6 Å². The van der Waals surface area contributed by atoms with E-state index in [2.05, 4.69) is 0 Å². The van der Waals surface area contributed by atoms with E-state index >= 15 is 0 Å². The molecule has 172 valence electrons. The molecule has 0 saturated heterocycles. The molecule has 3 saturated carbocycles. The summed E-state index contributed by atoms with van der Waals surface area (Å²) in [5, 5.41) is 0. The van der Waals surface area contributed by atoms with Crippen LogP contribution in [0.2, 0.25) is 0 Å². The number of rotatable bonds is 8. The maximum Gasteiger partial charge on any atom is 0.338 e. The van der Waals surface area contributed by atoms with Gasteiger partial charge < -0.3 is 14.2 Å². The van der Waals surface area contributed by atoms with Gasteiger partial charge in [0.2, 0.25) is 5.79 Å². The number of ether oxygens (including phenoxy) is 3. The molecule has 4 rings (SSSR count). The van der Waals surface area contributed by atoms with Crippen molar-refractivity contribution in [1.29, 1.82) is 0 Å². The molecule has 1 N–H and O–H groups in total. The second kappa shape index (κ2) is 8.33. The zero-order chi connectivity index (χ0) is 22.4. The molecule has 7 nitrogen and oxygen atoms in total. The second-order valence-corrected chi connectivity index (χ2v) is 11.0. The van der Waals surface area contributed by atoms with Gasteiger partial charge in [0, 0.05) is 13.8 Å². The summed E-state index contributed by atoms with van der Waals surface area (Å²) in [5.74, 6) is -0.594. The number of halogens is 1. The van der Waals surface area contributed by atoms with E-state index in [1.54, 1.807) is 13.8 Å². The molecule has 3 aliphatic carbocycles. The number of carbonyl (C=O) groups is 1. The Balaban J connectivity index is 1.39. The Hall–Kier alpha value is -1.71. The fourth-order valence-corrected chi connectivity index (χ4v) is 6.12. The summed E-state index contributed by atoms with van der Waals surface area (Å²) >= 11 is 0. The topological polar surface area (TPSA) is 99.1 Å². The van der Waals surface area contributed by atoms with Crippen LogP contribution in [-0.2, 0) is 19.6 Å². The first-order chi connectivity index (χ1) is 14.5. The number of benzene rings is 1. The maximum atomic E-state index is 14.4. The molecule has 0 spiro atoms. The number of fused-ring (bicyclic) bond motifs is 5. The van der Waals surface area contributed by atoms with Gasteiger partial charge in [0.1, 0.15) is 12.4 Å². The molecule has 31 heavy (non-hydrogen) atoms. The first-order valence-electron chi connectivity index (χ1n) is 10.8. The van der Waals surface area contributed by atoms with Gasteiger partial charge >= 0.3 is 5.97 Å². The number of carbonyl (C=O) groups excluding carboxylic acids is 1. The number of hydrogen-bond acceptors (Lipinski definition) is 6. The zero-order valence-electron chi connectivity index (χ0n) is 17.8. The van der Waals surface area contributed by atoms with E-state index in [1.165, 1.54) is 37.8 Å². The Kier molecular flexibility index (Phi) is 6.04. The SMILES string of the molecule is CC(C)(Oc1cc(C(=O)OCCS(=O)(=O)O)ccc1F)OC1CC2CC1C1CCCC21. The largest absolute Gasteiger partial charge is 0.461 e. The lowest BCUT2D eigenvalue weighted by Crippen LogP contribution is -2.41. The van der Waals surface area contributed by atoms with Crippen LogP contribution < -0.4 is 4.74 Å². The van der Waals surface area contributed by atoms with Crippen LogP contribution in [0.1, 0.15) is 56.3 Å². The molecule has 0 aliphatic heterocycles. The van der Waals surface area contributed by atoms with Gasteiger partial charge in [-0.25, -0.2) is 9.18 Å². The molecule has 0 radical (unpaired) electrons. The minimum atomic E-state index is -4.24. The maximum absolute atomic E-state index is 14.4. The van der Waals surface area contributed by atoms with Crippen molar-refractivity contribution >= 4 is 16.1 Å². The first-order valence-corrected chi connectivity index (χ1v) is 12.4. The zero-order valence-corrected chi connectivity index (χ0v) is 18.6. The molecule has 5 unspecified atom stereocenters. The standard InChI is InChI=1S/C22H29FO7S/c1-22(2,29-19-12-14-10-17(19)16-5-3-4-15(14)16)30-20-11-13(6-7-18(20)23)21(24)28-8-9-31(25,26)27/h6-7,11,14-17,19H,3-5,8-10,12H2,1-2H3,(H,25,26,27). The van der Waals surface area contributed by atoms with Gasteiger partial charge in [-0.3, -0.25) is 4.55 Å². The quantitative estimate of drug-likeness (QED) is 0.361. The molecular formula is C22H29FO7S. The van der Waals surface area contributed by atoms with Crippen molar-refractivity contribution in [2.75, 3.05) is 12.4 Å². The molecule has 5 atom stereocenters. The summed E-state index contributed by atoms with van der Waals surface area (Å²) in [6.45, 7) is 2.97. The van der Waals surface area contributed by atoms with E-state index in [1.807, 2.05) is 0 Å². The summed E-state index contributed by atoms with van der Waals surface area (Å²) < 4.78 is 61.5. The first kappa shape index (κ1) is 22.5. The second-order valence-electron chi connectivity index (χ2n) is 9.38. The summed E-state index contributed by atoms with van der Waals surface area (Å²) in [5.41, 5.74) is 0.0104. The third-order valence-corrected chi connectivity index (χ3v) is 7.58. The van der Waals surface area contributed by atoms with Crippen molar-refractivity contribution in [2.24, 2.45) is 23.7 Å². The summed E-state index contributed by atoms with van der Waals surface area (Å²) in [4.78, 5) is 12.1. The summed E-state index contributed by atoms with van der Waals surface area (Å²) in [7, 11) is -4.24. The van der Waals surface area contributed by atoms with Crippen LogP contribution in [0.25, 0.3) is 0 Å². The van der Waals surface area contributed by atoms with Crippen molar-refractivity contribution in [2.45, 2.75) is 57.8 Å². The van der Waals surface area contributed by atoms with Gasteiger partial charge in [0.25, 0.3) is 10.1 Å². The lowest BCUT2D eigenvalue weighted by atomic mass is 9.80. The van der Waals surface area contributed by atoms with Crippen LogP contribution >= 0.6 is 0 Å². The molecule has 0 heterocycles. The van der Waals surface area contributed by atoms with Crippen LogP contribution in [0.5, 0.6) is 5.75 Å². The molecule has 2 bridgehead atoms. The normalized spacial score (nSPS) is 29.7. The molecule has 0 amide bonds. The highest BCUT2D eigenvalue weighted by atomic mass is 32.2. The van der Waals surface area contributed by atoms with Crippen molar-refractivity contribution in [3.63, 3.8) is 0 Å². The van der Waals surface area contributed by atoms with E-state index in [0.717, 1.165) is 30.2 Å². The van der Waals surface area contributed by atoms with E-state index in [4.69, 9.17) is 18.8 Å². The molecule has 3 fully saturated rings. The van der Waals surface area contributed by atoms with Crippen molar-refractivity contribution in [3.8, 4) is 5.75 Å². The van der Waals surface area contributed by atoms with Crippen molar-refractivity contribution < 1.29 is 36.4 Å². The van der Waals surface area contributed by atoms with Gasteiger partial charge in [-0.1, -0.05) is 6.42 Å². The molecule has 1 aromatic rings. The van der Waals surface area contributed by atoms with E-state index < -0.39 is 40.1 Å². The van der Waals surface area contributed by atoms with Crippen LogP contribution in [0.3, 0.4) is 0 Å². The van der Waals surface area contributed by atoms with Crippen LogP contribution in [0, 0.1) is 29.5 Å². The predicted octanol–water partition coefficient (Wildman–Crippen LogP) is 3.83. The van der Waals surface area contributed by atoms with E-state index in [-0.39, 0.29) is 17.4 Å². The van der Waals surface area contributed by atoms with Gasteiger partial charge in [-0.2, -0.15) is 8.42 Å². The van der Waals surface area contributed by atoms with Crippen LogP contribution in [-0.4, -0.2) is 43.2 Å². The average Bonchev–Trinajstić information content (AvgIpc) is 3.35. The smallest absolute Gasteiger partial charge is 0.338 e. The number of esters is 1. The lowest BCUT2D eigenvalue weighted by molar-refractivity contribution is -0.204. The summed E-state index contributed by atoms with van der Waals surface area (Å²) in [6.07, 6.45) is 6.21. The van der Waals surface area contributed by atoms with Crippen molar-refractivity contribution in [1.82, 2.24) is 0 Å². The van der Waals surface area contributed by atoms with Crippen LogP contribution in [0.15, 0.2) is 18.2 Å². The van der Waals surface area contributed by atoms with Gasteiger partial charge in [-0.15, -0.1) is 0 Å². The Bertz CT molecular complexity index is 945. The highest BCUT2D eigenvalue weighted by Crippen LogP contribution is 2.59. The van der Waals surface area contributed by atoms with Crippen LogP contribution in [0.4, 0.5) is 4.39 Å². The molecule has 9 heteroatoms. The van der Waals surface area contributed by atoms with E-state index in [9.17, 15) is 17.6 Å². The molecule has 1 aromatic carbocycles. The molecule has 3 aliphatic rings. The van der Waals surface area contributed by atoms with E-state index in [0.29, 0.717) is 5.92 Å². The monoisotopic (exact) mass is 456 g/mol. The minimum Gasteiger partial charge on any atom is -0.461 e.